The second-order valence-electron chi connectivity index (χ2n) is 5.83. The van der Waals surface area contributed by atoms with E-state index in [-0.39, 0.29) is 6.04 Å². The molecule has 0 saturated carbocycles. The molecule has 1 unspecified atom stereocenters. The zero-order valence-corrected chi connectivity index (χ0v) is 13.9. The van der Waals surface area contributed by atoms with Gasteiger partial charge in [0.15, 0.2) is 0 Å². The number of hydrogen-bond acceptors (Lipinski definition) is 3. The van der Waals surface area contributed by atoms with Crippen molar-refractivity contribution in [1.82, 2.24) is 9.62 Å². The highest BCUT2D eigenvalue weighted by Gasteiger charge is 2.25. The van der Waals surface area contributed by atoms with Gasteiger partial charge in [-0.3, -0.25) is 4.90 Å². The fraction of sp³-hybridized carbons (Fsp3) is 0.333. The monoisotopic (exact) mass is 330 g/mol. The standard InChI is InChI=1S/C18H22N2O2S/c21-23(22,17-11-5-2-6-12-17)19-15-18(20-13-7-8-14-20)16-9-3-1-4-10-16/h1-6,9-12,18-19H,7-8,13-15H2. The first-order valence-electron chi connectivity index (χ1n) is 8.00. The number of benzene rings is 2. The van der Waals surface area contributed by atoms with Crippen LogP contribution in [0.3, 0.4) is 0 Å². The Labute approximate surface area is 138 Å². The van der Waals surface area contributed by atoms with Crippen molar-refractivity contribution in [3.05, 3.63) is 66.2 Å². The molecule has 3 rings (SSSR count). The van der Waals surface area contributed by atoms with Crippen LogP contribution in [0.4, 0.5) is 0 Å². The van der Waals surface area contributed by atoms with Gasteiger partial charge in [0.05, 0.1) is 4.90 Å². The summed E-state index contributed by atoms with van der Waals surface area (Å²) in [4.78, 5) is 2.68. The zero-order chi connectivity index (χ0) is 16.1. The van der Waals surface area contributed by atoms with Crippen LogP contribution in [-0.2, 0) is 10.0 Å². The molecule has 0 radical (unpaired) electrons. The van der Waals surface area contributed by atoms with Crippen molar-refractivity contribution < 1.29 is 8.42 Å². The van der Waals surface area contributed by atoms with Gasteiger partial charge in [-0.1, -0.05) is 48.5 Å². The van der Waals surface area contributed by atoms with Crippen LogP contribution in [0, 0.1) is 0 Å². The van der Waals surface area contributed by atoms with Crippen LogP contribution in [0.25, 0.3) is 0 Å². The number of nitrogens with one attached hydrogen (secondary N) is 1. The summed E-state index contributed by atoms with van der Waals surface area (Å²) in [6.45, 7) is 2.43. The Morgan fingerprint density at radius 1 is 0.913 bits per heavy atom. The van der Waals surface area contributed by atoms with Crippen molar-refractivity contribution >= 4 is 10.0 Å². The SMILES string of the molecule is O=S(=O)(NCC(c1ccccc1)N1CCCC1)c1ccccc1. The molecule has 122 valence electrons. The molecular formula is C18H22N2O2S. The first kappa shape index (κ1) is 16.2. The lowest BCUT2D eigenvalue weighted by molar-refractivity contribution is 0.246. The molecule has 4 nitrogen and oxygen atoms in total. The number of sulfonamides is 1. The summed E-state index contributed by atoms with van der Waals surface area (Å²) in [6.07, 6.45) is 2.35. The predicted octanol–water partition coefficient (Wildman–Crippen LogP) is 2.80. The van der Waals surface area contributed by atoms with Gasteiger partial charge in [-0.25, -0.2) is 13.1 Å². The van der Waals surface area contributed by atoms with Gasteiger partial charge >= 0.3 is 0 Å². The highest BCUT2D eigenvalue weighted by Crippen LogP contribution is 2.25. The molecule has 23 heavy (non-hydrogen) atoms. The topological polar surface area (TPSA) is 49.4 Å². The minimum Gasteiger partial charge on any atom is -0.295 e. The molecule has 1 fully saturated rings. The van der Waals surface area contributed by atoms with Crippen LogP contribution in [0.1, 0.15) is 24.4 Å². The third-order valence-corrected chi connectivity index (χ3v) is 5.73. The molecule has 0 aliphatic carbocycles. The van der Waals surface area contributed by atoms with E-state index in [4.69, 9.17) is 0 Å². The molecule has 1 N–H and O–H groups in total. The van der Waals surface area contributed by atoms with Crippen LogP contribution in [0.15, 0.2) is 65.6 Å². The summed E-state index contributed by atoms with van der Waals surface area (Å²) in [7, 11) is -3.47. The van der Waals surface area contributed by atoms with E-state index >= 15 is 0 Å². The van der Waals surface area contributed by atoms with Crippen molar-refractivity contribution in [2.75, 3.05) is 19.6 Å². The summed E-state index contributed by atoms with van der Waals surface area (Å²) in [5.74, 6) is 0. The average Bonchev–Trinajstić information content (AvgIpc) is 3.11. The third-order valence-electron chi connectivity index (χ3n) is 4.29. The fourth-order valence-electron chi connectivity index (χ4n) is 3.06. The van der Waals surface area contributed by atoms with Gasteiger partial charge in [-0.2, -0.15) is 0 Å². The van der Waals surface area contributed by atoms with Gasteiger partial charge in [0.25, 0.3) is 0 Å². The van der Waals surface area contributed by atoms with E-state index < -0.39 is 10.0 Å². The second-order valence-corrected chi connectivity index (χ2v) is 7.60. The molecule has 1 aliphatic heterocycles. The highest BCUT2D eigenvalue weighted by molar-refractivity contribution is 7.89. The molecule has 0 bridgehead atoms. The highest BCUT2D eigenvalue weighted by atomic mass is 32.2. The lowest BCUT2D eigenvalue weighted by Gasteiger charge is -2.28. The minimum absolute atomic E-state index is 0.0807. The summed E-state index contributed by atoms with van der Waals surface area (Å²) in [5, 5.41) is 0. The maximum atomic E-state index is 12.5. The van der Waals surface area contributed by atoms with Crippen LogP contribution in [0.5, 0.6) is 0 Å². The summed E-state index contributed by atoms with van der Waals surface area (Å²) in [5.41, 5.74) is 1.16. The Bertz CT molecular complexity index is 711. The maximum absolute atomic E-state index is 12.5. The smallest absolute Gasteiger partial charge is 0.240 e. The summed E-state index contributed by atoms with van der Waals surface area (Å²) >= 11 is 0. The van der Waals surface area contributed by atoms with E-state index in [2.05, 4.69) is 21.8 Å². The van der Waals surface area contributed by atoms with Crippen molar-refractivity contribution in [3.63, 3.8) is 0 Å². The number of rotatable bonds is 6. The molecular weight excluding hydrogens is 308 g/mol. The first-order chi connectivity index (χ1) is 11.2. The molecule has 1 heterocycles. The van der Waals surface area contributed by atoms with Gasteiger partial charge in [-0.05, 0) is 43.6 Å². The average molecular weight is 330 g/mol. The van der Waals surface area contributed by atoms with Gasteiger partial charge < -0.3 is 0 Å². The van der Waals surface area contributed by atoms with Crippen LogP contribution in [0.2, 0.25) is 0 Å². The van der Waals surface area contributed by atoms with Gasteiger partial charge in [0.2, 0.25) is 10.0 Å². The minimum atomic E-state index is -3.47. The Kier molecular flexibility index (Phi) is 5.10. The third kappa shape index (κ3) is 3.99. The molecule has 5 heteroatoms. The number of nitrogens with zero attached hydrogens (tertiary/aromatic N) is 1. The number of hydrogen-bond donors (Lipinski definition) is 1. The molecule has 2 aromatic rings. The molecule has 1 aliphatic rings. The second kappa shape index (κ2) is 7.25. The lowest BCUT2D eigenvalue weighted by Crippen LogP contribution is -2.36. The van der Waals surface area contributed by atoms with Crippen LogP contribution >= 0.6 is 0 Å². The Balaban J connectivity index is 1.77. The molecule has 0 amide bonds. The van der Waals surface area contributed by atoms with Crippen molar-refractivity contribution in [2.45, 2.75) is 23.8 Å². The molecule has 1 saturated heterocycles. The number of likely N-dealkylation sites (tertiary alicyclic amines) is 1. The summed E-state index contributed by atoms with van der Waals surface area (Å²) in [6, 6.07) is 18.7. The molecule has 0 aromatic heterocycles. The van der Waals surface area contributed by atoms with E-state index in [1.165, 1.54) is 12.8 Å². The Morgan fingerprint density at radius 3 is 2.09 bits per heavy atom. The van der Waals surface area contributed by atoms with Crippen molar-refractivity contribution in [2.24, 2.45) is 0 Å². The van der Waals surface area contributed by atoms with Gasteiger partial charge in [0, 0.05) is 12.6 Å². The quantitative estimate of drug-likeness (QED) is 0.886. The van der Waals surface area contributed by atoms with E-state index in [9.17, 15) is 8.42 Å². The van der Waals surface area contributed by atoms with Crippen LogP contribution < -0.4 is 4.72 Å². The van der Waals surface area contributed by atoms with E-state index in [1.807, 2.05) is 24.3 Å². The Morgan fingerprint density at radius 2 is 1.48 bits per heavy atom. The van der Waals surface area contributed by atoms with Crippen molar-refractivity contribution in [3.8, 4) is 0 Å². The van der Waals surface area contributed by atoms with Crippen molar-refractivity contribution in [1.29, 1.82) is 0 Å². The van der Waals surface area contributed by atoms with Gasteiger partial charge in [-0.15, -0.1) is 0 Å². The van der Waals surface area contributed by atoms with E-state index in [1.54, 1.807) is 24.3 Å². The fourth-order valence-corrected chi connectivity index (χ4v) is 4.12. The molecule has 2 aromatic carbocycles. The van der Waals surface area contributed by atoms with Gasteiger partial charge in [0.1, 0.15) is 0 Å². The predicted molar refractivity (Wildman–Crippen MR) is 91.6 cm³/mol. The Hall–Kier alpha value is -1.69. The molecule has 0 spiro atoms. The maximum Gasteiger partial charge on any atom is 0.240 e. The summed E-state index contributed by atoms with van der Waals surface area (Å²) < 4.78 is 27.7. The first-order valence-corrected chi connectivity index (χ1v) is 9.49. The largest absolute Gasteiger partial charge is 0.295 e. The van der Waals surface area contributed by atoms with E-state index in [0.29, 0.717) is 11.4 Å². The lowest BCUT2D eigenvalue weighted by atomic mass is 10.1. The van der Waals surface area contributed by atoms with Crippen LogP contribution in [-0.4, -0.2) is 33.0 Å². The normalized spacial score (nSPS) is 17.2. The zero-order valence-electron chi connectivity index (χ0n) is 13.1. The molecule has 1 atom stereocenters. The van der Waals surface area contributed by atoms with E-state index in [0.717, 1.165) is 18.7 Å².